The van der Waals surface area contributed by atoms with E-state index in [9.17, 15) is 4.39 Å². The fourth-order valence-corrected chi connectivity index (χ4v) is 4.65. The van der Waals surface area contributed by atoms with Crippen molar-refractivity contribution in [3.8, 4) is 0 Å². The molecular formula is C23H30F2. The van der Waals surface area contributed by atoms with Gasteiger partial charge in [0.25, 0.3) is 0 Å². The molecule has 0 radical (unpaired) electrons. The Morgan fingerprint density at radius 2 is 1.96 bits per heavy atom. The maximum absolute atomic E-state index is 15.1. The molecule has 0 aliphatic heterocycles. The summed E-state index contributed by atoms with van der Waals surface area (Å²) in [4.78, 5) is 0. The molecule has 2 heteroatoms. The summed E-state index contributed by atoms with van der Waals surface area (Å²) in [6.45, 7) is 5.93. The summed E-state index contributed by atoms with van der Waals surface area (Å²) < 4.78 is 29.9. The van der Waals surface area contributed by atoms with Crippen LogP contribution in [0.3, 0.4) is 0 Å². The molecule has 1 fully saturated rings. The van der Waals surface area contributed by atoms with E-state index in [1.807, 2.05) is 6.08 Å². The molecule has 0 spiro atoms. The van der Waals surface area contributed by atoms with Crippen molar-refractivity contribution in [3.05, 3.63) is 58.7 Å². The summed E-state index contributed by atoms with van der Waals surface area (Å²) >= 11 is 0. The van der Waals surface area contributed by atoms with Gasteiger partial charge in [-0.05, 0) is 86.8 Å². The highest BCUT2D eigenvalue weighted by Crippen LogP contribution is 2.41. The van der Waals surface area contributed by atoms with Gasteiger partial charge in [0.2, 0.25) is 0 Å². The Kier molecular flexibility index (Phi) is 6.09. The van der Waals surface area contributed by atoms with Crippen molar-refractivity contribution in [3.63, 3.8) is 0 Å². The Bertz CT molecular complexity index is 649. The van der Waals surface area contributed by atoms with Crippen molar-refractivity contribution in [2.75, 3.05) is 0 Å². The highest BCUT2D eigenvalue weighted by Gasteiger charge is 2.29. The van der Waals surface area contributed by atoms with Crippen LogP contribution in [0.1, 0.15) is 80.9 Å². The topological polar surface area (TPSA) is 0 Å². The number of hydrogen-bond acceptors (Lipinski definition) is 0. The van der Waals surface area contributed by atoms with Gasteiger partial charge in [-0.2, -0.15) is 0 Å². The van der Waals surface area contributed by atoms with E-state index in [4.69, 9.17) is 0 Å². The summed E-state index contributed by atoms with van der Waals surface area (Å²) in [7, 11) is 0. The molecule has 0 unspecified atom stereocenters. The van der Waals surface area contributed by atoms with Crippen LogP contribution in [0.4, 0.5) is 8.78 Å². The summed E-state index contributed by atoms with van der Waals surface area (Å²) in [5, 5.41) is 0. The maximum Gasteiger partial charge on any atom is 0.133 e. The minimum atomic E-state index is -0.316. The van der Waals surface area contributed by atoms with Gasteiger partial charge in [-0.3, -0.25) is 0 Å². The average molecular weight is 344 g/mol. The number of halogens is 2. The molecule has 0 amide bonds. The SMILES string of the molecule is C=CCCC1CCC(c2c(F)cc3c(c2F)CC=C(CCC)C3)CC1. The first-order chi connectivity index (χ1) is 12.1. The van der Waals surface area contributed by atoms with Gasteiger partial charge in [0.15, 0.2) is 0 Å². The van der Waals surface area contributed by atoms with E-state index in [1.54, 1.807) is 6.07 Å². The second-order valence-corrected chi connectivity index (χ2v) is 7.80. The van der Waals surface area contributed by atoms with E-state index >= 15 is 4.39 Å². The molecule has 1 aromatic carbocycles. The van der Waals surface area contributed by atoms with Gasteiger partial charge in [0.05, 0.1) is 0 Å². The first kappa shape index (κ1) is 18.4. The standard InChI is InChI=1S/C23H30F2/c1-3-5-7-16-8-11-18(12-9-16)22-21(24)15-19-14-17(6-4-2)10-13-20(19)23(22)25/h3,10,15-16,18H,1,4-9,11-14H2,2H3. The zero-order valence-corrected chi connectivity index (χ0v) is 15.4. The fourth-order valence-electron chi connectivity index (χ4n) is 4.65. The summed E-state index contributed by atoms with van der Waals surface area (Å²) in [5.74, 6) is 0.170. The molecular weight excluding hydrogens is 314 g/mol. The number of rotatable bonds is 6. The molecule has 1 aromatic rings. The molecule has 3 rings (SSSR count). The zero-order chi connectivity index (χ0) is 17.8. The predicted molar refractivity (Wildman–Crippen MR) is 101 cm³/mol. The van der Waals surface area contributed by atoms with Crippen LogP contribution in [0.15, 0.2) is 30.4 Å². The van der Waals surface area contributed by atoms with Gasteiger partial charge >= 0.3 is 0 Å². The molecule has 0 aromatic heterocycles. The van der Waals surface area contributed by atoms with Crippen molar-refractivity contribution in [2.45, 2.75) is 77.0 Å². The summed E-state index contributed by atoms with van der Waals surface area (Å²) in [6, 6.07) is 1.63. The van der Waals surface area contributed by atoms with Crippen LogP contribution in [0, 0.1) is 17.6 Å². The molecule has 0 heterocycles. The molecule has 0 N–H and O–H groups in total. The van der Waals surface area contributed by atoms with Crippen molar-refractivity contribution < 1.29 is 8.78 Å². The second-order valence-electron chi connectivity index (χ2n) is 7.80. The van der Waals surface area contributed by atoms with E-state index in [2.05, 4.69) is 19.6 Å². The minimum Gasteiger partial charge on any atom is -0.207 e. The molecule has 0 saturated heterocycles. The lowest BCUT2D eigenvalue weighted by Gasteiger charge is -2.30. The van der Waals surface area contributed by atoms with E-state index in [0.29, 0.717) is 24.3 Å². The van der Waals surface area contributed by atoms with Gasteiger partial charge in [-0.1, -0.05) is 31.1 Å². The van der Waals surface area contributed by atoms with Crippen LogP contribution < -0.4 is 0 Å². The highest BCUT2D eigenvalue weighted by molar-refractivity contribution is 5.43. The first-order valence-corrected chi connectivity index (χ1v) is 9.92. The van der Waals surface area contributed by atoms with Gasteiger partial charge < -0.3 is 0 Å². The first-order valence-electron chi connectivity index (χ1n) is 9.92. The lowest BCUT2D eigenvalue weighted by Crippen LogP contribution is -2.18. The number of hydrogen-bond donors (Lipinski definition) is 0. The van der Waals surface area contributed by atoms with Crippen molar-refractivity contribution >= 4 is 0 Å². The van der Waals surface area contributed by atoms with Crippen LogP contribution in [0.25, 0.3) is 0 Å². The van der Waals surface area contributed by atoms with Crippen LogP contribution >= 0.6 is 0 Å². The van der Waals surface area contributed by atoms with Crippen LogP contribution in [-0.2, 0) is 12.8 Å². The third-order valence-corrected chi connectivity index (χ3v) is 6.06. The second kappa shape index (κ2) is 8.29. The van der Waals surface area contributed by atoms with Crippen LogP contribution in [0.5, 0.6) is 0 Å². The van der Waals surface area contributed by atoms with Gasteiger partial charge in [-0.15, -0.1) is 6.58 Å². The number of benzene rings is 1. The van der Waals surface area contributed by atoms with Crippen molar-refractivity contribution in [1.82, 2.24) is 0 Å². The smallest absolute Gasteiger partial charge is 0.133 e. The lowest BCUT2D eigenvalue weighted by atomic mass is 9.75. The van der Waals surface area contributed by atoms with E-state index in [0.717, 1.165) is 62.5 Å². The Labute approximate surface area is 151 Å². The predicted octanol–water partition coefficient (Wildman–Crippen LogP) is 7.03. The Balaban J connectivity index is 1.76. The molecule has 25 heavy (non-hydrogen) atoms. The Hall–Kier alpha value is -1.44. The molecule has 1 saturated carbocycles. The highest BCUT2D eigenvalue weighted by atomic mass is 19.1. The molecule has 0 atom stereocenters. The van der Waals surface area contributed by atoms with Gasteiger partial charge in [0.1, 0.15) is 11.6 Å². The summed E-state index contributed by atoms with van der Waals surface area (Å²) in [6.07, 6.45) is 13.8. The quantitative estimate of drug-likeness (QED) is 0.486. The van der Waals surface area contributed by atoms with Crippen LogP contribution in [0.2, 0.25) is 0 Å². The molecule has 0 bridgehead atoms. The Morgan fingerprint density at radius 1 is 1.20 bits per heavy atom. The Morgan fingerprint density at radius 3 is 2.64 bits per heavy atom. The van der Waals surface area contributed by atoms with Crippen molar-refractivity contribution in [1.29, 1.82) is 0 Å². The van der Waals surface area contributed by atoms with E-state index < -0.39 is 0 Å². The number of fused-ring (bicyclic) bond motifs is 1. The number of allylic oxidation sites excluding steroid dienone is 3. The zero-order valence-electron chi connectivity index (χ0n) is 15.4. The minimum absolute atomic E-state index is 0.0475. The van der Waals surface area contributed by atoms with E-state index in [-0.39, 0.29) is 17.6 Å². The normalized spacial score (nSPS) is 23.1. The largest absolute Gasteiger partial charge is 0.207 e. The van der Waals surface area contributed by atoms with Crippen LogP contribution in [-0.4, -0.2) is 0 Å². The van der Waals surface area contributed by atoms with Gasteiger partial charge in [0, 0.05) is 5.56 Å². The summed E-state index contributed by atoms with van der Waals surface area (Å²) in [5.41, 5.74) is 3.30. The third-order valence-electron chi connectivity index (χ3n) is 6.06. The molecule has 0 nitrogen and oxygen atoms in total. The third kappa shape index (κ3) is 4.04. The van der Waals surface area contributed by atoms with Crippen molar-refractivity contribution in [2.24, 2.45) is 5.92 Å². The maximum atomic E-state index is 15.1. The molecule has 2 aliphatic carbocycles. The monoisotopic (exact) mass is 344 g/mol. The fraction of sp³-hybridized carbons (Fsp3) is 0.565. The average Bonchev–Trinajstić information content (AvgIpc) is 2.61. The lowest BCUT2D eigenvalue weighted by molar-refractivity contribution is 0.302. The van der Waals surface area contributed by atoms with E-state index in [1.165, 1.54) is 5.57 Å². The molecule has 2 aliphatic rings. The van der Waals surface area contributed by atoms with Gasteiger partial charge in [-0.25, -0.2) is 8.78 Å². The molecule has 136 valence electrons.